The first-order valence-electron chi connectivity index (χ1n) is 15.0. The summed E-state index contributed by atoms with van der Waals surface area (Å²) in [7, 11) is 0. The van der Waals surface area contributed by atoms with Crippen LogP contribution < -0.4 is 0 Å². The molecule has 1 aromatic heterocycles. The van der Waals surface area contributed by atoms with E-state index in [1.807, 2.05) is 19.1 Å². The predicted molar refractivity (Wildman–Crippen MR) is 150 cm³/mol. The Bertz CT molecular complexity index is 1160. The zero-order valence-electron chi connectivity index (χ0n) is 23.3. The average molecular weight is 531 g/mol. The molecule has 3 saturated heterocycles. The topological polar surface area (TPSA) is 66.0 Å². The molecule has 6 rings (SSSR count). The van der Waals surface area contributed by atoms with Crippen LogP contribution in [0.25, 0.3) is 0 Å². The van der Waals surface area contributed by atoms with E-state index in [9.17, 15) is 9.59 Å². The summed E-state index contributed by atoms with van der Waals surface area (Å²) >= 11 is 0. The lowest BCUT2D eigenvalue weighted by atomic mass is 9.68. The Labute approximate surface area is 232 Å². The summed E-state index contributed by atoms with van der Waals surface area (Å²) in [5, 5.41) is 0. The lowest BCUT2D eigenvalue weighted by molar-refractivity contribution is 0.0470. The first kappa shape index (κ1) is 26.3. The van der Waals surface area contributed by atoms with Crippen LogP contribution in [0.4, 0.5) is 4.79 Å². The van der Waals surface area contributed by atoms with E-state index in [1.54, 1.807) is 12.4 Å². The van der Waals surface area contributed by atoms with Gasteiger partial charge in [-0.2, -0.15) is 0 Å². The molecule has 5 heterocycles. The van der Waals surface area contributed by atoms with Crippen LogP contribution in [-0.2, 0) is 16.7 Å². The van der Waals surface area contributed by atoms with Crippen molar-refractivity contribution in [1.82, 2.24) is 19.7 Å². The molecule has 7 heteroatoms. The summed E-state index contributed by atoms with van der Waals surface area (Å²) in [5.74, 6) is 0.0971. The molecule has 39 heavy (non-hydrogen) atoms. The minimum Gasteiger partial charge on any atom is -0.450 e. The van der Waals surface area contributed by atoms with Crippen molar-refractivity contribution in [2.24, 2.45) is 0 Å². The molecule has 2 aromatic rings. The van der Waals surface area contributed by atoms with Gasteiger partial charge in [-0.1, -0.05) is 37.1 Å². The maximum absolute atomic E-state index is 13.5. The SMILES string of the molecule is CCOC(=O)N1C2CCCCC1CC(N1CCC3(CC1)CN(C(=O)c1ccncc1)Cc1ccccc13)CC2. The number of nitrogens with zero attached hydrogens (tertiary/aromatic N) is 4. The Morgan fingerprint density at radius 3 is 2.44 bits per heavy atom. The lowest BCUT2D eigenvalue weighted by Gasteiger charge is -2.50. The Kier molecular flexibility index (Phi) is 7.61. The molecule has 4 aliphatic heterocycles. The van der Waals surface area contributed by atoms with Crippen molar-refractivity contribution < 1.29 is 14.3 Å². The Morgan fingerprint density at radius 1 is 0.949 bits per heavy atom. The highest BCUT2D eigenvalue weighted by molar-refractivity contribution is 5.94. The van der Waals surface area contributed by atoms with E-state index in [0.717, 1.165) is 64.6 Å². The van der Waals surface area contributed by atoms with Crippen molar-refractivity contribution in [2.45, 2.75) is 94.8 Å². The van der Waals surface area contributed by atoms with Crippen LogP contribution in [0.1, 0.15) is 86.2 Å². The molecular formula is C32H42N4O3. The van der Waals surface area contributed by atoms with Gasteiger partial charge in [0.05, 0.1) is 6.61 Å². The zero-order valence-corrected chi connectivity index (χ0v) is 23.3. The van der Waals surface area contributed by atoms with E-state index in [0.29, 0.717) is 30.8 Å². The molecule has 3 fully saturated rings. The minimum absolute atomic E-state index is 0.0108. The van der Waals surface area contributed by atoms with Crippen LogP contribution in [0.3, 0.4) is 0 Å². The van der Waals surface area contributed by atoms with Gasteiger partial charge in [0, 0.05) is 54.6 Å². The van der Waals surface area contributed by atoms with Gasteiger partial charge in [0.15, 0.2) is 0 Å². The van der Waals surface area contributed by atoms with Gasteiger partial charge in [-0.25, -0.2) is 4.79 Å². The van der Waals surface area contributed by atoms with Gasteiger partial charge < -0.3 is 19.4 Å². The fourth-order valence-corrected chi connectivity index (χ4v) is 7.95. The van der Waals surface area contributed by atoms with Gasteiger partial charge >= 0.3 is 6.09 Å². The van der Waals surface area contributed by atoms with Crippen molar-refractivity contribution in [3.63, 3.8) is 0 Å². The number of aromatic nitrogens is 1. The third kappa shape index (κ3) is 5.18. The van der Waals surface area contributed by atoms with Crippen molar-refractivity contribution >= 4 is 12.0 Å². The number of pyridine rings is 1. The number of hydrogen-bond donors (Lipinski definition) is 0. The standard InChI is InChI=1S/C32H42N4O3/c1-2-39-31(38)36-26-8-4-5-9-28(36)21-27(12-11-26)34-19-15-32(16-20-34)23-35(22-25-7-3-6-10-29(25)32)30(37)24-13-17-33-18-14-24/h3,6-7,10,13-14,17-18,26-28H,2,4-5,8-9,11-12,15-16,19-23H2,1H3. The highest BCUT2D eigenvalue weighted by atomic mass is 16.6. The summed E-state index contributed by atoms with van der Waals surface area (Å²) in [6.45, 7) is 5.85. The van der Waals surface area contributed by atoms with Crippen LogP contribution in [0.15, 0.2) is 48.8 Å². The third-order valence-corrected chi connectivity index (χ3v) is 9.90. The third-order valence-electron chi connectivity index (χ3n) is 9.90. The summed E-state index contributed by atoms with van der Waals surface area (Å²) in [6, 6.07) is 13.5. The highest BCUT2D eigenvalue weighted by Gasteiger charge is 2.45. The maximum atomic E-state index is 13.5. The van der Waals surface area contributed by atoms with E-state index in [1.165, 1.54) is 24.0 Å². The molecule has 1 aromatic carbocycles. The molecule has 1 spiro atoms. The van der Waals surface area contributed by atoms with E-state index in [4.69, 9.17) is 4.74 Å². The van der Waals surface area contributed by atoms with Crippen LogP contribution in [0.2, 0.25) is 0 Å². The molecule has 208 valence electrons. The van der Waals surface area contributed by atoms with Gasteiger partial charge in [-0.3, -0.25) is 9.78 Å². The van der Waals surface area contributed by atoms with Crippen molar-refractivity contribution in [3.05, 3.63) is 65.5 Å². The fraction of sp³-hybridized carbons (Fsp3) is 0.594. The molecule has 2 amide bonds. The van der Waals surface area contributed by atoms with Gasteiger partial charge in [0.2, 0.25) is 0 Å². The molecule has 0 aliphatic carbocycles. The van der Waals surface area contributed by atoms with Crippen molar-refractivity contribution in [2.75, 3.05) is 26.2 Å². The van der Waals surface area contributed by atoms with Crippen molar-refractivity contribution in [3.8, 4) is 0 Å². The maximum Gasteiger partial charge on any atom is 0.410 e. The Hall–Kier alpha value is -2.93. The summed E-state index contributed by atoms with van der Waals surface area (Å²) in [6.07, 6.45) is 13.3. The number of fused-ring (bicyclic) bond motifs is 4. The molecule has 0 saturated carbocycles. The second-order valence-electron chi connectivity index (χ2n) is 12.0. The monoisotopic (exact) mass is 530 g/mol. The molecule has 3 atom stereocenters. The van der Waals surface area contributed by atoms with Gasteiger partial charge in [0.25, 0.3) is 5.91 Å². The van der Waals surface area contributed by atoms with Gasteiger partial charge in [0.1, 0.15) is 0 Å². The lowest BCUT2D eigenvalue weighted by Crippen LogP contribution is -2.55. The normalized spacial score (nSPS) is 26.8. The number of ether oxygens (including phenoxy) is 1. The van der Waals surface area contributed by atoms with Crippen LogP contribution in [0, 0.1) is 0 Å². The zero-order chi connectivity index (χ0) is 26.8. The molecule has 3 unspecified atom stereocenters. The molecule has 7 nitrogen and oxygen atoms in total. The van der Waals surface area contributed by atoms with Crippen LogP contribution in [-0.4, -0.2) is 76.1 Å². The number of hydrogen-bond acceptors (Lipinski definition) is 5. The van der Waals surface area contributed by atoms with Gasteiger partial charge in [-0.15, -0.1) is 0 Å². The summed E-state index contributed by atoms with van der Waals surface area (Å²) < 4.78 is 5.52. The second kappa shape index (κ2) is 11.3. The molecule has 2 bridgehead atoms. The fourth-order valence-electron chi connectivity index (χ4n) is 7.95. The number of rotatable bonds is 3. The first-order chi connectivity index (χ1) is 19.1. The Balaban J connectivity index is 1.19. The largest absolute Gasteiger partial charge is 0.450 e. The van der Waals surface area contributed by atoms with Gasteiger partial charge in [-0.05, 0) is 88.2 Å². The first-order valence-corrected chi connectivity index (χ1v) is 15.0. The molecule has 0 radical (unpaired) electrons. The number of carbonyl (C=O) groups is 2. The molecule has 4 aliphatic rings. The van der Waals surface area contributed by atoms with E-state index < -0.39 is 0 Å². The minimum atomic E-state index is -0.106. The average Bonchev–Trinajstić information content (AvgIpc) is 3.29. The highest BCUT2D eigenvalue weighted by Crippen LogP contribution is 2.44. The number of carbonyl (C=O) groups excluding carboxylic acids is 2. The smallest absolute Gasteiger partial charge is 0.410 e. The predicted octanol–water partition coefficient (Wildman–Crippen LogP) is 5.39. The van der Waals surface area contributed by atoms with E-state index in [2.05, 4.69) is 43.9 Å². The van der Waals surface area contributed by atoms with Crippen LogP contribution >= 0.6 is 0 Å². The quantitative estimate of drug-likeness (QED) is 0.532. The number of likely N-dealkylation sites (tertiary alicyclic amines) is 1. The van der Waals surface area contributed by atoms with Crippen molar-refractivity contribution in [1.29, 1.82) is 0 Å². The number of benzene rings is 1. The van der Waals surface area contributed by atoms with E-state index >= 15 is 0 Å². The number of piperidine rings is 1. The second-order valence-corrected chi connectivity index (χ2v) is 12.0. The van der Waals surface area contributed by atoms with Crippen LogP contribution in [0.5, 0.6) is 0 Å². The molecule has 0 N–H and O–H groups in total. The Morgan fingerprint density at radius 2 is 1.67 bits per heavy atom. The molecular weight excluding hydrogens is 488 g/mol. The number of amides is 2. The van der Waals surface area contributed by atoms with E-state index in [-0.39, 0.29) is 23.5 Å². The summed E-state index contributed by atoms with van der Waals surface area (Å²) in [4.78, 5) is 37.4. The summed E-state index contributed by atoms with van der Waals surface area (Å²) in [5.41, 5.74) is 3.42.